The van der Waals surface area contributed by atoms with Gasteiger partial charge in [0.25, 0.3) is 0 Å². The molecular formula is C11H17BN2O5. The fourth-order valence-electron chi connectivity index (χ4n) is 1.79. The molecule has 0 amide bonds. The first-order valence-corrected chi connectivity index (χ1v) is 5.99. The monoisotopic (exact) mass is 268 g/mol. The zero-order chi connectivity index (χ0) is 14.4. The van der Waals surface area contributed by atoms with E-state index in [0.717, 1.165) is 0 Å². The Labute approximate surface area is 111 Å². The maximum Gasteiger partial charge on any atom is 0.483 e. The van der Waals surface area contributed by atoms with Gasteiger partial charge in [0.1, 0.15) is 10.7 Å². The second-order valence-corrected chi connectivity index (χ2v) is 5.58. The maximum atomic E-state index is 10.6. The van der Waals surface area contributed by atoms with Crippen LogP contribution < -0.4 is 5.73 Å². The second-order valence-electron chi connectivity index (χ2n) is 5.58. The van der Waals surface area contributed by atoms with Gasteiger partial charge in [-0.15, -0.1) is 0 Å². The summed E-state index contributed by atoms with van der Waals surface area (Å²) < 4.78 is 16.6. The standard InChI is InChI=1S/C11H17BN2O5/c1-10(2)11(3,4)19-12(18-10)9(13)7-5-6-8(17-7)14(15)16/h5-6,9H,13H2,1-4H3. The van der Waals surface area contributed by atoms with Gasteiger partial charge in [0.05, 0.1) is 23.2 Å². The highest BCUT2D eigenvalue weighted by atomic mass is 16.7. The summed E-state index contributed by atoms with van der Waals surface area (Å²) in [7, 11) is -0.698. The molecule has 2 N–H and O–H groups in total. The van der Waals surface area contributed by atoms with Gasteiger partial charge in [-0.05, 0) is 33.8 Å². The second kappa shape index (κ2) is 4.33. The molecule has 1 aromatic rings. The fourth-order valence-corrected chi connectivity index (χ4v) is 1.79. The van der Waals surface area contributed by atoms with E-state index in [1.807, 2.05) is 27.7 Å². The van der Waals surface area contributed by atoms with Crippen molar-refractivity contribution in [1.82, 2.24) is 0 Å². The summed E-state index contributed by atoms with van der Waals surface area (Å²) in [5, 5.41) is 10.6. The normalized spacial score (nSPS) is 22.5. The van der Waals surface area contributed by atoms with Crippen LogP contribution in [0.25, 0.3) is 0 Å². The Balaban J connectivity index is 2.17. The molecule has 7 nitrogen and oxygen atoms in total. The van der Waals surface area contributed by atoms with Crippen LogP contribution in [-0.2, 0) is 9.31 Å². The Morgan fingerprint density at radius 3 is 2.21 bits per heavy atom. The van der Waals surface area contributed by atoms with Gasteiger partial charge in [0.15, 0.2) is 0 Å². The van der Waals surface area contributed by atoms with E-state index >= 15 is 0 Å². The average Bonchev–Trinajstić information content (AvgIpc) is 2.82. The van der Waals surface area contributed by atoms with Gasteiger partial charge in [-0.3, -0.25) is 10.1 Å². The molecule has 1 unspecified atom stereocenters. The number of hydrogen-bond acceptors (Lipinski definition) is 6. The van der Waals surface area contributed by atoms with Crippen LogP contribution in [-0.4, -0.2) is 23.2 Å². The summed E-state index contributed by atoms with van der Waals surface area (Å²) in [5.74, 6) is -0.790. The van der Waals surface area contributed by atoms with Crippen LogP contribution >= 0.6 is 0 Å². The zero-order valence-electron chi connectivity index (χ0n) is 11.4. The van der Waals surface area contributed by atoms with E-state index in [1.54, 1.807) is 0 Å². The highest BCUT2D eigenvalue weighted by molar-refractivity contribution is 6.47. The Kier molecular flexibility index (Phi) is 3.20. The van der Waals surface area contributed by atoms with Gasteiger partial charge in [0, 0.05) is 0 Å². The minimum atomic E-state index is -0.713. The summed E-state index contributed by atoms with van der Waals surface area (Å²) in [6.45, 7) is 7.63. The van der Waals surface area contributed by atoms with E-state index in [9.17, 15) is 10.1 Å². The van der Waals surface area contributed by atoms with E-state index < -0.39 is 29.2 Å². The number of rotatable bonds is 3. The van der Waals surface area contributed by atoms with Crippen molar-refractivity contribution in [1.29, 1.82) is 0 Å². The van der Waals surface area contributed by atoms with Crippen molar-refractivity contribution >= 4 is 13.0 Å². The lowest BCUT2D eigenvalue weighted by molar-refractivity contribution is -0.402. The lowest BCUT2D eigenvalue weighted by atomic mass is 9.77. The first-order valence-electron chi connectivity index (χ1n) is 5.99. The molecule has 0 saturated carbocycles. The molecule has 0 bridgehead atoms. The third-order valence-corrected chi connectivity index (χ3v) is 3.69. The van der Waals surface area contributed by atoms with Crippen LogP contribution in [0.4, 0.5) is 5.88 Å². The SMILES string of the molecule is CC1(C)OB(C(N)c2ccc([N+](=O)[O-])o2)OC1(C)C. The Morgan fingerprint density at radius 2 is 1.79 bits per heavy atom. The summed E-state index contributed by atoms with van der Waals surface area (Å²) in [5.41, 5.74) is 4.98. The summed E-state index contributed by atoms with van der Waals surface area (Å²) in [6.07, 6.45) is 0. The van der Waals surface area contributed by atoms with Crippen molar-refractivity contribution in [3.8, 4) is 0 Å². The molecule has 2 heterocycles. The molecule has 0 radical (unpaired) electrons. The van der Waals surface area contributed by atoms with Crippen molar-refractivity contribution in [2.24, 2.45) is 5.73 Å². The fraction of sp³-hybridized carbons (Fsp3) is 0.636. The molecule has 1 saturated heterocycles. The molecule has 0 spiro atoms. The highest BCUT2D eigenvalue weighted by Crippen LogP contribution is 2.39. The van der Waals surface area contributed by atoms with Crippen LogP contribution in [0.2, 0.25) is 0 Å². The number of nitrogens with two attached hydrogens (primary N) is 1. The largest absolute Gasteiger partial charge is 0.483 e. The molecule has 1 aliphatic heterocycles. The van der Waals surface area contributed by atoms with Crippen LogP contribution in [0, 0.1) is 10.1 Å². The van der Waals surface area contributed by atoms with Gasteiger partial charge in [-0.1, -0.05) is 0 Å². The molecule has 1 aliphatic rings. The van der Waals surface area contributed by atoms with E-state index in [2.05, 4.69) is 0 Å². The van der Waals surface area contributed by atoms with E-state index in [1.165, 1.54) is 12.1 Å². The molecule has 1 aromatic heterocycles. The van der Waals surface area contributed by atoms with Crippen molar-refractivity contribution in [2.75, 3.05) is 0 Å². The van der Waals surface area contributed by atoms with Crippen molar-refractivity contribution in [3.05, 3.63) is 28.0 Å². The Hall–Kier alpha value is -1.38. The van der Waals surface area contributed by atoms with Gasteiger partial charge < -0.3 is 19.5 Å². The predicted molar refractivity (Wildman–Crippen MR) is 68.4 cm³/mol. The molecule has 104 valence electrons. The molecule has 0 aliphatic carbocycles. The van der Waals surface area contributed by atoms with Crippen LogP contribution in [0.5, 0.6) is 0 Å². The first kappa shape index (κ1) is 14.0. The van der Waals surface area contributed by atoms with Crippen molar-refractivity contribution < 1.29 is 18.6 Å². The van der Waals surface area contributed by atoms with Crippen molar-refractivity contribution in [3.63, 3.8) is 0 Å². The number of furan rings is 1. The molecule has 1 atom stereocenters. The smallest absolute Gasteiger partial charge is 0.405 e. The third-order valence-electron chi connectivity index (χ3n) is 3.69. The molecule has 8 heteroatoms. The average molecular weight is 268 g/mol. The summed E-state index contributed by atoms with van der Waals surface area (Å²) >= 11 is 0. The lowest BCUT2D eigenvalue weighted by Gasteiger charge is -2.32. The maximum absolute atomic E-state index is 10.6. The lowest BCUT2D eigenvalue weighted by Crippen LogP contribution is -2.41. The van der Waals surface area contributed by atoms with Crippen LogP contribution in [0.3, 0.4) is 0 Å². The molecule has 2 rings (SSSR count). The molecular weight excluding hydrogens is 251 g/mol. The number of nitrogens with zero attached hydrogens (tertiary/aromatic N) is 1. The number of hydrogen-bond donors (Lipinski definition) is 1. The van der Waals surface area contributed by atoms with E-state index in [4.69, 9.17) is 19.5 Å². The highest BCUT2D eigenvalue weighted by Gasteiger charge is 2.54. The van der Waals surface area contributed by atoms with Crippen LogP contribution in [0.1, 0.15) is 39.4 Å². The van der Waals surface area contributed by atoms with Gasteiger partial charge in [-0.2, -0.15) is 0 Å². The van der Waals surface area contributed by atoms with E-state index in [0.29, 0.717) is 0 Å². The zero-order valence-corrected chi connectivity index (χ0v) is 11.4. The number of nitro groups is 1. The molecule has 19 heavy (non-hydrogen) atoms. The molecule has 0 aromatic carbocycles. The van der Waals surface area contributed by atoms with Crippen molar-refractivity contribution in [2.45, 2.75) is 44.8 Å². The Bertz CT molecular complexity index is 483. The predicted octanol–water partition coefficient (Wildman–Crippen LogP) is 1.82. The quantitative estimate of drug-likeness (QED) is 0.509. The topological polar surface area (TPSA) is 101 Å². The summed E-state index contributed by atoms with van der Waals surface area (Å²) in [6, 6.07) is 2.73. The molecule has 1 fully saturated rings. The first-order chi connectivity index (χ1) is 8.64. The minimum absolute atomic E-state index is 0.269. The van der Waals surface area contributed by atoms with Gasteiger partial charge >= 0.3 is 13.0 Å². The van der Waals surface area contributed by atoms with E-state index in [-0.39, 0.29) is 11.6 Å². The minimum Gasteiger partial charge on any atom is -0.405 e. The van der Waals surface area contributed by atoms with Crippen LogP contribution in [0.15, 0.2) is 16.5 Å². The Morgan fingerprint density at radius 1 is 1.26 bits per heavy atom. The van der Waals surface area contributed by atoms with Gasteiger partial charge in [-0.25, -0.2) is 0 Å². The third kappa shape index (κ3) is 2.38. The van der Waals surface area contributed by atoms with Gasteiger partial charge in [0.2, 0.25) is 0 Å². The summed E-state index contributed by atoms with van der Waals surface area (Å²) in [4.78, 5) is 9.96.